The molecule has 0 bridgehead atoms. The Morgan fingerprint density at radius 1 is 0.723 bits per heavy atom. The molecule has 0 unspecified atom stereocenters. The van der Waals surface area contributed by atoms with Crippen molar-refractivity contribution in [3.05, 3.63) is 147 Å². The van der Waals surface area contributed by atoms with Gasteiger partial charge in [-0.25, -0.2) is 27.7 Å². The van der Waals surface area contributed by atoms with Crippen molar-refractivity contribution < 1.29 is 25.8 Å². The molecule has 0 saturated heterocycles. The van der Waals surface area contributed by atoms with E-state index in [2.05, 4.69) is 136 Å². The molecule has 1 aliphatic heterocycles. The Kier molecular flexibility index (Phi) is 7.69. The van der Waals surface area contributed by atoms with Crippen LogP contribution in [0, 0.1) is 18.8 Å². The maximum atomic E-state index is 6.37. The summed E-state index contributed by atoms with van der Waals surface area (Å²) in [7, 11) is 2.04. The summed E-state index contributed by atoms with van der Waals surface area (Å²) in [6, 6.07) is 45.2. The molecule has 9 rings (SSSR count). The summed E-state index contributed by atoms with van der Waals surface area (Å²) < 4.78 is 11.1. The maximum Gasteiger partial charge on any atom is 0.216 e. The second-order valence-corrected chi connectivity index (χ2v) is 13.2. The van der Waals surface area contributed by atoms with Gasteiger partial charge in [-0.1, -0.05) is 81.4 Å². The third-order valence-electron chi connectivity index (χ3n) is 8.10. The van der Waals surface area contributed by atoms with Gasteiger partial charge in [0.25, 0.3) is 0 Å². The van der Waals surface area contributed by atoms with Crippen LogP contribution in [0.25, 0.3) is 40.3 Å². The fourth-order valence-corrected chi connectivity index (χ4v) is 8.40. The number of aromatic nitrogens is 1. The van der Waals surface area contributed by atoms with Crippen molar-refractivity contribution in [2.45, 2.75) is 0 Å². The predicted molar refractivity (Wildman–Crippen MR) is 193 cm³/mol. The Morgan fingerprint density at radius 2 is 1.40 bits per heavy atom. The molecule has 0 atom stereocenters. The van der Waals surface area contributed by atoms with Crippen molar-refractivity contribution in [2.24, 2.45) is 0 Å². The predicted octanol–water partition coefficient (Wildman–Crippen LogP) is 11.0. The van der Waals surface area contributed by atoms with Gasteiger partial charge < -0.3 is 19.4 Å². The molecule has 1 aliphatic rings. The van der Waals surface area contributed by atoms with Crippen LogP contribution in [0.2, 0.25) is 0 Å². The summed E-state index contributed by atoms with van der Waals surface area (Å²) in [6.07, 6.45) is 5.88. The average molecular weight is 825 g/mol. The Bertz CT molecular complexity index is 2420. The molecule has 232 valence electrons. The molecule has 0 aliphatic carbocycles. The number of pyridine rings is 1. The molecule has 5 aromatic carbocycles. The average Bonchev–Trinajstić information content (AvgIpc) is 3.81. The number of ether oxygens (including phenoxy) is 1. The first kappa shape index (κ1) is 29.7. The minimum Gasteiger partial charge on any atom is -0.510 e. The molecule has 0 N–H and O–H groups in total. The SMILES string of the molecule is CN1C=CN(c2[c-]c(N(c3ccccc3)c3[c-]c(Oc4ccccn4)cc4c3sc3ccccc34)cc3c2sc2ccccc23)[CH-]1.[Pt]. The van der Waals surface area contributed by atoms with Gasteiger partial charge in [0.1, 0.15) is 0 Å². The molecular weight excluding hydrogens is 800 g/mol. The van der Waals surface area contributed by atoms with Crippen LogP contribution >= 0.6 is 22.7 Å². The van der Waals surface area contributed by atoms with Crippen LogP contribution in [0.15, 0.2) is 128 Å². The first-order valence-electron chi connectivity index (χ1n) is 14.9. The van der Waals surface area contributed by atoms with Crippen LogP contribution in [0.4, 0.5) is 22.7 Å². The van der Waals surface area contributed by atoms with Crippen LogP contribution in [-0.4, -0.2) is 16.9 Å². The summed E-state index contributed by atoms with van der Waals surface area (Å²) in [5.74, 6) is 1.13. The van der Waals surface area contributed by atoms with Gasteiger partial charge in [0.15, 0.2) is 0 Å². The fourth-order valence-electron chi connectivity index (χ4n) is 6.04. The molecule has 0 amide bonds. The zero-order chi connectivity index (χ0) is 30.6. The van der Waals surface area contributed by atoms with E-state index in [9.17, 15) is 0 Å². The fraction of sp³-hybridized carbons (Fsp3) is 0.0256. The van der Waals surface area contributed by atoms with Gasteiger partial charge >= 0.3 is 0 Å². The molecular formula is C39H25N4OPtS2-3. The molecule has 0 radical (unpaired) electrons. The van der Waals surface area contributed by atoms with Crippen molar-refractivity contribution in [1.82, 2.24) is 9.88 Å². The van der Waals surface area contributed by atoms with E-state index in [0.29, 0.717) is 11.6 Å². The number of hydrogen-bond donors (Lipinski definition) is 0. The van der Waals surface area contributed by atoms with E-state index >= 15 is 0 Å². The second-order valence-electron chi connectivity index (χ2n) is 11.1. The van der Waals surface area contributed by atoms with Crippen LogP contribution in [0.5, 0.6) is 11.6 Å². The minimum atomic E-state index is 0. The second kappa shape index (κ2) is 12.2. The Labute approximate surface area is 294 Å². The largest absolute Gasteiger partial charge is 0.510 e. The molecule has 0 fully saturated rings. The normalized spacial score (nSPS) is 12.8. The summed E-state index contributed by atoms with van der Waals surface area (Å²) in [5, 5.41) is 4.71. The van der Waals surface area contributed by atoms with E-state index in [-0.39, 0.29) is 21.1 Å². The van der Waals surface area contributed by atoms with Crippen molar-refractivity contribution in [1.29, 1.82) is 0 Å². The number of hydrogen-bond acceptors (Lipinski definition) is 7. The van der Waals surface area contributed by atoms with Crippen molar-refractivity contribution >= 4 is 85.8 Å². The minimum absolute atomic E-state index is 0. The van der Waals surface area contributed by atoms with E-state index in [1.807, 2.05) is 31.3 Å². The number of rotatable bonds is 6. The molecule has 0 spiro atoms. The standard InChI is InChI=1S/C39H25N4OS2.Pt/c1-41-19-20-42(25-41)33-22-27(21-31-29-13-5-7-15-35(29)45-38(31)33)43(26-11-3-2-4-12-26)34-24-28(44-37-17-9-10-18-40-37)23-32-30-14-6-8-16-36(30)46-39(32)34;/h2-21,23,25H,1H3;/q-3;. The maximum absolute atomic E-state index is 6.37. The molecule has 8 aromatic rings. The van der Waals surface area contributed by atoms with Crippen molar-refractivity contribution in [2.75, 3.05) is 16.8 Å². The van der Waals surface area contributed by atoms with Gasteiger partial charge in [-0.2, -0.15) is 6.67 Å². The molecule has 3 aromatic heterocycles. The van der Waals surface area contributed by atoms with Gasteiger partial charge in [-0.15, -0.1) is 35.0 Å². The zero-order valence-electron chi connectivity index (χ0n) is 25.0. The topological polar surface area (TPSA) is 31.8 Å². The van der Waals surface area contributed by atoms with Gasteiger partial charge in [-0.05, 0) is 66.2 Å². The Hall–Kier alpha value is -4.68. The van der Waals surface area contributed by atoms with E-state index in [1.165, 1.54) is 30.3 Å². The molecule has 0 saturated carbocycles. The van der Waals surface area contributed by atoms with Crippen LogP contribution in [-0.2, 0) is 21.1 Å². The monoisotopic (exact) mass is 824 g/mol. The first-order chi connectivity index (χ1) is 22.7. The van der Waals surface area contributed by atoms with Gasteiger partial charge in [-0.3, -0.25) is 0 Å². The number of fused-ring (bicyclic) bond motifs is 6. The molecule has 4 heterocycles. The Balaban J connectivity index is 0.00000324. The van der Waals surface area contributed by atoms with Gasteiger partial charge in [0, 0.05) is 54.2 Å². The van der Waals surface area contributed by atoms with E-state index in [0.717, 1.165) is 32.8 Å². The van der Waals surface area contributed by atoms with Crippen molar-refractivity contribution in [3.63, 3.8) is 0 Å². The van der Waals surface area contributed by atoms with Crippen LogP contribution < -0.4 is 14.5 Å². The zero-order valence-corrected chi connectivity index (χ0v) is 28.9. The van der Waals surface area contributed by atoms with E-state index in [4.69, 9.17) is 4.74 Å². The number of benzene rings is 5. The molecule has 8 heteroatoms. The van der Waals surface area contributed by atoms with E-state index in [1.54, 1.807) is 28.9 Å². The first-order valence-corrected chi connectivity index (χ1v) is 16.6. The quantitative estimate of drug-likeness (QED) is 0.156. The third kappa shape index (κ3) is 5.25. The number of para-hydroxylation sites is 1. The number of nitrogens with zero attached hydrogens (tertiary/aromatic N) is 4. The number of anilines is 4. The van der Waals surface area contributed by atoms with Crippen LogP contribution in [0.3, 0.4) is 0 Å². The van der Waals surface area contributed by atoms with Gasteiger partial charge in [0.05, 0.1) is 0 Å². The van der Waals surface area contributed by atoms with Crippen LogP contribution in [0.1, 0.15) is 0 Å². The summed E-state index contributed by atoms with van der Waals surface area (Å²) in [4.78, 5) is 10.9. The van der Waals surface area contributed by atoms with Crippen molar-refractivity contribution in [3.8, 4) is 11.6 Å². The third-order valence-corrected chi connectivity index (χ3v) is 10.5. The smallest absolute Gasteiger partial charge is 0.216 e. The Morgan fingerprint density at radius 3 is 2.11 bits per heavy atom. The summed E-state index contributed by atoms with van der Waals surface area (Å²) in [6.45, 7) is 2.09. The summed E-state index contributed by atoms with van der Waals surface area (Å²) >= 11 is 3.57. The molecule has 5 nitrogen and oxygen atoms in total. The number of thiophene rings is 2. The summed E-state index contributed by atoms with van der Waals surface area (Å²) in [5.41, 5.74) is 3.82. The van der Waals surface area contributed by atoms with E-state index < -0.39 is 0 Å². The van der Waals surface area contributed by atoms with Gasteiger partial charge in [0.2, 0.25) is 5.88 Å². The molecule has 47 heavy (non-hydrogen) atoms.